The van der Waals surface area contributed by atoms with Crippen molar-refractivity contribution in [1.29, 1.82) is 0 Å². The minimum absolute atomic E-state index is 0.0643. The van der Waals surface area contributed by atoms with Crippen LogP contribution >= 0.6 is 0 Å². The second-order valence-electron chi connectivity index (χ2n) is 4.90. The highest BCUT2D eigenvalue weighted by molar-refractivity contribution is 7.92. The summed E-state index contributed by atoms with van der Waals surface area (Å²) in [5, 5.41) is 8.04. The third-order valence-electron chi connectivity index (χ3n) is 3.44. The average molecular weight is 333 g/mol. The van der Waals surface area contributed by atoms with E-state index >= 15 is 0 Å². The van der Waals surface area contributed by atoms with Gasteiger partial charge in [0.15, 0.2) is 9.84 Å². The van der Waals surface area contributed by atoms with Crippen LogP contribution in [-0.2, 0) is 24.7 Å². The van der Waals surface area contributed by atoms with Crippen LogP contribution in [0.25, 0.3) is 0 Å². The second-order valence-corrected chi connectivity index (χ2v) is 9.07. The van der Waals surface area contributed by atoms with E-state index in [2.05, 4.69) is 0 Å². The molecule has 0 spiro atoms. The Kier molecular flexibility index (Phi) is 4.09. The Labute approximate surface area is 123 Å². The summed E-state index contributed by atoms with van der Waals surface area (Å²) in [5.74, 6) is -1.34. The first-order chi connectivity index (χ1) is 9.64. The van der Waals surface area contributed by atoms with Gasteiger partial charge in [0.25, 0.3) is 0 Å². The summed E-state index contributed by atoms with van der Waals surface area (Å²) in [5.41, 5.74) is 0. The Balaban J connectivity index is 2.38. The molecule has 0 amide bonds. The van der Waals surface area contributed by atoms with Gasteiger partial charge in [-0.2, -0.15) is 4.31 Å². The number of carboxylic acid groups (broad SMARTS) is 1. The van der Waals surface area contributed by atoms with E-state index < -0.39 is 37.1 Å². The molecule has 7 nitrogen and oxygen atoms in total. The smallest absolute Gasteiger partial charge is 0.322 e. The molecule has 21 heavy (non-hydrogen) atoms. The lowest BCUT2D eigenvalue weighted by molar-refractivity contribution is -0.140. The fourth-order valence-corrected chi connectivity index (χ4v) is 5.28. The topological polar surface area (TPSA) is 109 Å². The van der Waals surface area contributed by atoms with Gasteiger partial charge in [0, 0.05) is 6.54 Å². The molecular formula is C12H15NO6S2. The van der Waals surface area contributed by atoms with Gasteiger partial charge >= 0.3 is 5.97 Å². The van der Waals surface area contributed by atoms with Gasteiger partial charge in [-0.1, -0.05) is 18.2 Å². The largest absolute Gasteiger partial charge is 0.480 e. The summed E-state index contributed by atoms with van der Waals surface area (Å²) in [6.07, 6.45) is 0.625. The predicted molar refractivity (Wildman–Crippen MR) is 75.0 cm³/mol. The number of rotatable bonds is 4. The third-order valence-corrected chi connectivity index (χ3v) is 6.84. The van der Waals surface area contributed by atoms with Crippen molar-refractivity contribution in [2.24, 2.45) is 0 Å². The standard InChI is InChI=1S/C12H15NO6S2/c1-20(16,17)13-8-10(7-11(13)12(14)15)21(18,19)9-5-3-2-4-6-9/h2-6,10-11H,7-8H2,1H3,(H,14,15)/t10-,11+/m1/s1. The van der Waals surface area contributed by atoms with E-state index in [9.17, 15) is 21.6 Å². The maximum Gasteiger partial charge on any atom is 0.322 e. The molecule has 9 heteroatoms. The molecule has 0 radical (unpaired) electrons. The summed E-state index contributed by atoms with van der Waals surface area (Å²) >= 11 is 0. The van der Waals surface area contributed by atoms with E-state index in [-0.39, 0.29) is 17.9 Å². The van der Waals surface area contributed by atoms with Crippen molar-refractivity contribution in [2.75, 3.05) is 12.8 Å². The molecular weight excluding hydrogens is 318 g/mol. The minimum Gasteiger partial charge on any atom is -0.480 e. The number of hydrogen-bond donors (Lipinski definition) is 1. The van der Waals surface area contributed by atoms with Gasteiger partial charge < -0.3 is 5.11 Å². The molecule has 1 N–H and O–H groups in total. The van der Waals surface area contributed by atoms with E-state index in [1.54, 1.807) is 18.2 Å². The van der Waals surface area contributed by atoms with Gasteiger partial charge in [-0.05, 0) is 18.6 Å². The Bertz CT molecular complexity index is 741. The molecule has 1 fully saturated rings. The van der Waals surface area contributed by atoms with E-state index in [1.165, 1.54) is 12.1 Å². The first-order valence-electron chi connectivity index (χ1n) is 6.12. The third kappa shape index (κ3) is 3.09. The van der Waals surface area contributed by atoms with Crippen LogP contribution in [0.5, 0.6) is 0 Å². The van der Waals surface area contributed by atoms with Gasteiger partial charge in [0.2, 0.25) is 10.0 Å². The average Bonchev–Trinajstić information content (AvgIpc) is 2.85. The summed E-state index contributed by atoms with van der Waals surface area (Å²) in [7, 11) is -7.55. The highest BCUT2D eigenvalue weighted by Crippen LogP contribution is 2.29. The second kappa shape index (κ2) is 5.39. The van der Waals surface area contributed by atoms with Gasteiger partial charge in [0.1, 0.15) is 6.04 Å². The number of hydrogen-bond acceptors (Lipinski definition) is 5. The number of carboxylic acids is 1. The Morgan fingerprint density at radius 1 is 1.19 bits per heavy atom. The SMILES string of the molecule is CS(=O)(=O)N1C[C@H](S(=O)(=O)c2ccccc2)C[C@H]1C(=O)O. The van der Waals surface area contributed by atoms with E-state index in [1.807, 2.05) is 0 Å². The lowest BCUT2D eigenvalue weighted by Gasteiger charge is -2.17. The van der Waals surface area contributed by atoms with Crippen LogP contribution in [0.3, 0.4) is 0 Å². The number of sulfone groups is 1. The summed E-state index contributed by atoms with van der Waals surface area (Å²) in [4.78, 5) is 11.2. The van der Waals surface area contributed by atoms with Crippen molar-refractivity contribution >= 4 is 25.8 Å². The van der Waals surface area contributed by atoms with Crippen molar-refractivity contribution < 1.29 is 26.7 Å². The molecule has 2 atom stereocenters. The fraction of sp³-hybridized carbons (Fsp3) is 0.417. The Morgan fingerprint density at radius 2 is 1.76 bits per heavy atom. The van der Waals surface area contributed by atoms with Crippen molar-refractivity contribution in [1.82, 2.24) is 4.31 Å². The quantitative estimate of drug-likeness (QED) is 0.827. The van der Waals surface area contributed by atoms with Crippen LogP contribution in [0.2, 0.25) is 0 Å². The molecule has 0 bridgehead atoms. The van der Waals surface area contributed by atoms with E-state index in [0.717, 1.165) is 10.6 Å². The molecule has 0 aliphatic carbocycles. The Morgan fingerprint density at radius 3 is 2.19 bits per heavy atom. The first-order valence-corrected chi connectivity index (χ1v) is 9.52. The number of benzene rings is 1. The van der Waals surface area contributed by atoms with Crippen LogP contribution < -0.4 is 0 Å². The van der Waals surface area contributed by atoms with Gasteiger partial charge in [0.05, 0.1) is 16.4 Å². The van der Waals surface area contributed by atoms with Gasteiger partial charge in [-0.15, -0.1) is 0 Å². The van der Waals surface area contributed by atoms with E-state index in [4.69, 9.17) is 5.11 Å². The zero-order chi connectivity index (χ0) is 15.8. The lowest BCUT2D eigenvalue weighted by atomic mass is 10.2. The number of sulfonamides is 1. The summed E-state index contributed by atoms with van der Waals surface area (Å²) in [6, 6.07) is 6.26. The van der Waals surface area contributed by atoms with Crippen LogP contribution in [0.4, 0.5) is 0 Å². The maximum absolute atomic E-state index is 12.5. The molecule has 0 aromatic heterocycles. The molecule has 1 aliphatic heterocycles. The molecule has 1 aromatic carbocycles. The highest BCUT2D eigenvalue weighted by atomic mass is 32.2. The number of nitrogens with zero attached hydrogens (tertiary/aromatic N) is 1. The summed E-state index contributed by atoms with van der Waals surface area (Å²) in [6.45, 7) is -0.340. The molecule has 0 unspecified atom stereocenters. The lowest BCUT2D eigenvalue weighted by Crippen LogP contribution is -2.40. The van der Waals surface area contributed by atoms with Crippen molar-refractivity contribution in [2.45, 2.75) is 22.6 Å². The van der Waals surface area contributed by atoms with Crippen LogP contribution in [0.1, 0.15) is 6.42 Å². The van der Waals surface area contributed by atoms with Crippen LogP contribution in [0.15, 0.2) is 35.2 Å². The highest BCUT2D eigenvalue weighted by Gasteiger charge is 2.46. The minimum atomic E-state index is -3.78. The van der Waals surface area contributed by atoms with E-state index in [0.29, 0.717) is 0 Å². The summed E-state index contributed by atoms with van der Waals surface area (Å²) < 4.78 is 48.9. The molecule has 1 aliphatic rings. The van der Waals surface area contributed by atoms with Gasteiger partial charge in [-0.3, -0.25) is 4.79 Å². The zero-order valence-corrected chi connectivity index (χ0v) is 12.8. The van der Waals surface area contributed by atoms with Crippen molar-refractivity contribution in [3.63, 3.8) is 0 Å². The molecule has 1 saturated heterocycles. The predicted octanol–water partition coefficient (Wildman–Crippen LogP) is -0.0526. The van der Waals surface area contributed by atoms with Crippen LogP contribution in [0, 0.1) is 0 Å². The maximum atomic E-state index is 12.5. The monoisotopic (exact) mass is 333 g/mol. The Hall–Kier alpha value is -1.45. The normalized spacial score (nSPS) is 24.0. The number of carbonyl (C=O) groups is 1. The molecule has 0 saturated carbocycles. The molecule has 116 valence electrons. The molecule has 2 rings (SSSR count). The van der Waals surface area contributed by atoms with Crippen molar-refractivity contribution in [3.8, 4) is 0 Å². The first kappa shape index (κ1) is 15.9. The van der Waals surface area contributed by atoms with Crippen molar-refractivity contribution in [3.05, 3.63) is 30.3 Å². The van der Waals surface area contributed by atoms with Gasteiger partial charge in [-0.25, -0.2) is 16.8 Å². The number of aliphatic carboxylic acids is 1. The fourth-order valence-electron chi connectivity index (χ4n) is 2.39. The molecule has 1 heterocycles. The van der Waals surface area contributed by atoms with Crippen LogP contribution in [-0.4, -0.2) is 56.3 Å². The zero-order valence-electron chi connectivity index (χ0n) is 11.2. The molecule has 1 aromatic rings.